The fraction of sp³-hybridized carbons (Fsp3) is 0.462. The minimum absolute atomic E-state index is 0.157. The van der Waals surface area contributed by atoms with Gasteiger partial charge in [-0.2, -0.15) is 5.10 Å². The molecule has 0 atom stereocenters. The minimum Gasteiger partial charge on any atom is -0.477 e. The Balaban J connectivity index is 1.98. The number of carbonyl (C=O) groups is 1. The van der Waals surface area contributed by atoms with Gasteiger partial charge in [0.25, 0.3) is 0 Å². The van der Waals surface area contributed by atoms with Crippen LogP contribution in [0.25, 0.3) is 5.65 Å². The molecule has 1 N–H and O–H groups in total. The highest BCUT2D eigenvalue weighted by Crippen LogP contribution is 2.25. The molecule has 0 saturated carbocycles. The lowest BCUT2D eigenvalue weighted by molar-refractivity contribution is 0.0687. The zero-order chi connectivity index (χ0) is 13.4. The van der Waals surface area contributed by atoms with Crippen LogP contribution in [0.4, 0.5) is 0 Å². The molecule has 0 aliphatic carbocycles. The molecular formula is C13H16N4O2. The maximum atomic E-state index is 11.1. The van der Waals surface area contributed by atoms with Gasteiger partial charge in [0.2, 0.25) is 0 Å². The third-order valence-electron chi connectivity index (χ3n) is 3.68. The average molecular weight is 260 g/mol. The Morgan fingerprint density at radius 2 is 2.11 bits per heavy atom. The predicted molar refractivity (Wildman–Crippen MR) is 69.4 cm³/mol. The summed E-state index contributed by atoms with van der Waals surface area (Å²) in [5, 5.41) is 13.5. The second-order valence-electron chi connectivity index (χ2n) is 5.03. The molecule has 6 heteroatoms. The van der Waals surface area contributed by atoms with E-state index in [2.05, 4.69) is 22.0 Å². The third-order valence-corrected chi connectivity index (χ3v) is 3.68. The Kier molecular flexibility index (Phi) is 2.94. The third kappa shape index (κ3) is 2.19. The van der Waals surface area contributed by atoms with Gasteiger partial charge in [0.05, 0.1) is 0 Å². The Morgan fingerprint density at radius 1 is 1.37 bits per heavy atom. The van der Waals surface area contributed by atoms with Crippen LogP contribution >= 0.6 is 0 Å². The largest absolute Gasteiger partial charge is 0.477 e. The molecular weight excluding hydrogens is 244 g/mol. The first-order valence-corrected chi connectivity index (χ1v) is 6.42. The van der Waals surface area contributed by atoms with Gasteiger partial charge in [-0.05, 0) is 45.1 Å². The second kappa shape index (κ2) is 4.62. The van der Waals surface area contributed by atoms with E-state index in [1.165, 1.54) is 4.52 Å². The maximum Gasteiger partial charge on any atom is 0.354 e. The number of nitrogens with zero attached hydrogens (tertiary/aromatic N) is 4. The van der Waals surface area contributed by atoms with Crippen LogP contribution in [0.15, 0.2) is 18.2 Å². The first kappa shape index (κ1) is 12.1. The number of carboxylic acid groups (broad SMARTS) is 1. The molecule has 0 unspecified atom stereocenters. The number of carboxylic acids is 1. The van der Waals surface area contributed by atoms with E-state index in [1.54, 1.807) is 18.2 Å². The summed E-state index contributed by atoms with van der Waals surface area (Å²) < 4.78 is 1.43. The fourth-order valence-electron chi connectivity index (χ4n) is 2.52. The van der Waals surface area contributed by atoms with Crippen LogP contribution in [0.1, 0.15) is 35.1 Å². The molecule has 0 radical (unpaired) electrons. The van der Waals surface area contributed by atoms with Crippen molar-refractivity contribution in [3.63, 3.8) is 0 Å². The van der Waals surface area contributed by atoms with E-state index in [-0.39, 0.29) is 5.69 Å². The molecule has 0 bridgehead atoms. The lowest BCUT2D eigenvalue weighted by Crippen LogP contribution is -2.29. The smallest absolute Gasteiger partial charge is 0.354 e. The van der Waals surface area contributed by atoms with E-state index in [4.69, 9.17) is 5.11 Å². The Bertz CT molecular complexity index is 614. The van der Waals surface area contributed by atoms with Crippen molar-refractivity contribution in [1.29, 1.82) is 0 Å². The molecule has 0 aromatic carbocycles. The zero-order valence-corrected chi connectivity index (χ0v) is 10.8. The van der Waals surface area contributed by atoms with Crippen molar-refractivity contribution in [3.8, 4) is 0 Å². The second-order valence-corrected chi connectivity index (χ2v) is 5.03. The molecule has 0 spiro atoms. The number of piperidine rings is 1. The van der Waals surface area contributed by atoms with Gasteiger partial charge in [-0.1, -0.05) is 6.07 Å². The van der Waals surface area contributed by atoms with Crippen LogP contribution in [0, 0.1) is 0 Å². The van der Waals surface area contributed by atoms with E-state index in [9.17, 15) is 4.79 Å². The standard InChI is InChI=1S/C13H16N4O2/c1-16-7-5-9(6-8-16)12-14-11-4-2-3-10(13(18)19)17(11)15-12/h2-4,9H,5-8H2,1H3,(H,18,19). The number of aromatic carboxylic acids is 1. The molecule has 100 valence electrons. The molecule has 1 saturated heterocycles. The summed E-state index contributed by atoms with van der Waals surface area (Å²) in [6.45, 7) is 2.07. The summed E-state index contributed by atoms with van der Waals surface area (Å²) in [5.41, 5.74) is 0.762. The SMILES string of the molecule is CN1CCC(c2nc3cccc(C(=O)O)n3n2)CC1. The Hall–Kier alpha value is -1.95. The summed E-state index contributed by atoms with van der Waals surface area (Å²) in [5.74, 6) is 0.116. The monoisotopic (exact) mass is 260 g/mol. The van der Waals surface area contributed by atoms with Crippen molar-refractivity contribution in [1.82, 2.24) is 19.5 Å². The highest BCUT2D eigenvalue weighted by atomic mass is 16.4. The summed E-state index contributed by atoms with van der Waals surface area (Å²) in [6, 6.07) is 5.03. The Morgan fingerprint density at radius 3 is 2.79 bits per heavy atom. The summed E-state index contributed by atoms with van der Waals surface area (Å²) in [6.07, 6.45) is 2.05. The van der Waals surface area contributed by atoms with Gasteiger partial charge >= 0.3 is 5.97 Å². The van der Waals surface area contributed by atoms with E-state index >= 15 is 0 Å². The number of likely N-dealkylation sites (tertiary alicyclic amines) is 1. The van der Waals surface area contributed by atoms with E-state index in [1.807, 2.05) is 0 Å². The van der Waals surface area contributed by atoms with E-state index < -0.39 is 5.97 Å². The van der Waals surface area contributed by atoms with E-state index in [0.717, 1.165) is 31.8 Å². The number of fused-ring (bicyclic) bond motifs is 1. The van der Waals surface area contributed by atoms with Gasteiger partial charge in [0.15, 0.2) is 17.2 Å². The number of rotatable bonds is 2. The van der Waals surface area contributed by atoms with Crippen molar-refractivity contribution in [3.05, 3.63) is 29.7 Å². The molecule has 3 rings (SSSR count). The maximum absolute atomic E-state index is 11.1. The van der Waals surface area contributed by atoms with Crippen LogP contribution in [-0.2, 0) is 0 Å². The summed E-state index contributed by atoms with van der Waals surface area (Å²) in [4.78, 5) is 17.9. The highest BCUT2D eigenvalue weighted by Gasteiger charge is 2.23. The van der Waals surface area contributed by atoms with Gasteiger partial charge in [-0.15, -0.1) is 0 Å². The quantitative estimate of drug-likeness (QED) is 0.879. The van der Waals surface area contributed by atoms with Crippen LogP contribution in [0.2, 0.25) is 0 Å². The van der Waals surface area contributed by atoms with Crippen molar-refractivity contribution >= 4 is 11.6 Å². The molecule has 2 aromatic heterocycles. The first-order chi connectivity index (χ1) is 9.15. The van der Waals surface area contributed by atoms with Crippen molar-refractivity contribution in [2.24, 2.45) is 0 Å². The number of hydrogen-bond donors (Lipinski definition) is 1. The molecule has 1 aliphatic heterocycles. The summed E-state index contributed by atoms with van der Waals surface area (Å²) in [7, 11) is 2.11. The van der Waals surface area contributed by atoms with Gasteiger partial charge < -0.3 is 10.0 Å². The van der Waals surface area contributed by atoms with Gasteiger partial charge in [0, 0.05) is 5.92 Å². The normalized spacial score (nSPS) is 17.9. The van der Waals surface area contributed by atoms with E-state index in [0.29, 0.717) is 11.6 Å². The van der Waals surface area contributed by atoms with Gasteiger partial charge in [-0.25, -0.2) is 14.3 Å². The molecule has 2 aromatic rings. The van der Waals surface area contributed by atoms with Crippen molar-refractivity contribution in [2.45, 2.75) is 18.8 Å². The molecule has 1 fully saturated rings. The number of pyridine rings is 1. The lowest BCUT2D eigenvalue weighted by Gasteiger charge is -2.26. The van der Waals surface area contributed by atoms with Crippen LogP contribution in [-0.4, -0.2) is 50.7 Å². The minimum atomic E-state index is -0.981. The molecule has 19 heavy (non-hydrogen) atoms. The van der Waals surface area contributed by atoms with Gasteiger partial charge in [0.1, 0.15) is 0 Å². The lowest BCUT2D eigenvalue weighted by atomic mass is 9.97. The topological polar surface area (TPSA) is 70.7 Å². The number of hydrogen-bond acceptors (Lipinski definition) is 4. The highest BCUT2D eigenvalue weighted by molar-refractivity contribution is 5.86. The first-order valence-electron chi connectivity index (χ1n) is 6.42. The zero-order valence-electron chi connectivity index (χ0n) is 10.8. The molecule has 6 nitrogen and oxygen atoms in total. The van der Waals surface area contributed by atoms with Crippen LogP contribution in [0.3, 0.4) is 0 Å². The van der Waals surface area contributed by atoms with Crippen LogP contribution < -0.4 is 0 Å². The fourth-order valence-corrected chi connectivity index (χ4v) is 2.52. The predicted octanol–water partition coefficient (Wildman–Crippen LogP) is 1.24. The van der Waals surface area contributed by atoms with Crippen molar-refractivity contribution < 1.29 is 9.90 Å². The van der Waals surface area contributed by atoms with Crippen LogP contribution in [0.5, 0.6) is 0 Å². The molecule has 3 heterocycles. The molecule has 1 aliphatic rings. The van der Waals surface area contributed by atoms with Crippen molar-refractivity contribution in [2.75, 3.05) is 20.1 Å². The number of aromatic nitrogens is 3. The Labute approximate surface area is 110 Å². The summed E-state index contributed by atoms with van der Waals surface area (Å²) >= 11 is 0. The van der Waals surface area contributed by atoms with Gasteiger partial charge in [-0.3, -0.25) is 0 Å². The molecule has 0 amide bonds. The average Bonchev–Trinajstić information content (AvgIpc) is 2.82.